The zero-order valence-corrected chi connectivity index (χ0v) is 11.0. The highest BCUT2D eigenvalue weighted by Gasteiger charge is 2.35. The van der Waals surface area contributed by atoms with E-state index in [1.54, 1.807) is 0 Å². The molecule has 0 aliphatic carbocycles. The van der Waals surface area contributed by atoms with Gasteiger partial charge >= 0.3 is 6.18 Å². The van der Waals surface area contributed by atoms with Gasteiger partial charge in [0, 0.05) is 12.1 Å². The molecule has 0 bridgehead atoms. The minimum absolute atomic E-state index is 0.0203. The van der Waals surface area contributed by atoms with Crippen molar-refractivity contribution in [1.29, 1.82) is 5.26 Å². The molecule has 8 heteroatoms. The van der Waals surface area contributed by atoms with Gasteiger partial charge in [0.15, 0.2) is 0 Å². The van der Waals surface area contributed by atoms with E-state index in [0.717, 1.165) is 12.1 Å². The zero-order valence-electron chi connectivity index (χ0n) is 10.1. The summed E-state index contributed by atoms with van der Waals surface area (Å²) in [5, 5.41) is 8.33. The summed E-state index contributed by atoms with van der Waals surface area (Å²) in [6.45, 7) is 0. The molecule has 0 aliphatic heterocycles. The Morgan fingerprint density at radius 3 is 2.52 bits per heavy atom. The van der Waals surface area contributed by atoms with Gasteiger partial charge in [-0.05, 0) is 12.1 Å². The van der Waals surface area contributed by atoms with Gasteiger partial charge in [-0.1, -0.05) is 6.07 Å². The Hall–Kier alpha value is -2.27. The van der Waals surface area contributed by atoms with Crippen LogP contribution in [-0.2, 0) is 6.18 Å². The number of nitriles is 1. The Labute approximate surface area is 122 Å². The van der Waals surface area contributed by atoms with Gasteiger partial charge in [0.1, 0.15) is 22.7 Å². The lowest BCUT2D eigenvalue weighted by Gasteiger charge is -2.12. The molecule has 0 fully saturated rings. The quantitative estimate of drug-likeness (QED) is 0.668. The highest BCUT2D eigenvalue weighted by molar-refractivity contribution is 7.80. The van der Waals surface area contributed by atoms with Gasteiger partial charge in [0.2, 0.25) is 5.88 Å². The van der Waals surface area contributed by atoms with E-state index in [0.29, 0.717) is 6.07 Å². The standard InChI is InChI=1S/C13H6F4N2OS/c14-7-2-1-3-8(4-7)20-11-5-10(13(15,16)17)9(6-18)12(21)19-11/h1-5H,(H,19,21). The van der Waals surface area contributed by atoms with E-state index in [-0.39, 0.29) is 5.75 Å². The summed E-state index contributed by atoms with van der Waals surface area (Å²) in [7, 11) is 0. The first-order valence-corrected chi connectivity index (χ1v) is 5.90. The molecule has 2 aromatic rings. The summed E-state index contributed by atoms with van der Waals surface area (Å²) < 4.78 is 56.7. The molecule has 0 radical (unpaired) electrons. The summed E-state index contributed by atoms with van der Waals surface area (Å²) in [6.07, 6.45) is -4.76. The maximum Gasteiger partial charge on any atom is 0.417 e. The molecule has 108 valence electrons. The molecule has 1 aromatic carbocycles. The topological polar surface area (TPSA) is 45.9 Å². The van der Waals surface area contributed by atoms with E-state index in [9.17, 15) is 17.6 Å². The SMILES string of the molecule is N#Cc1c(C(F)(F)F)cc(Oc2cccc(F)c2)nc1S. The number of rotatable bonds is 2. The number of aromatic nitrogens is 1. The van der Waals surface area contributed by atoms with Crippen molar-refractivity contribution in [3.05, 3.63) is 47.3 Å². The van der Waals surface area contributed by atoms with E-state index in [4.69, 9.17) is 10.00 Å². The zero-order chi connectivity index (χ0) is 15.6. The van der Waals surface area contributed by atoms with Crippen LogP contribution in [0.3, 0.4) is 0 Å². The Kier molecular flexibility index (Phi) is 4.04. The monoisotopic (exact) mass is 314 g/mol. The van der Waals surface area contributed by atoms with Gasteiger partial charge in [0.25, 0.3) is 0 Å². The molecular formula is C13H6F4N2OS. The lowest BCUT2D eigenvalue weighted by atomic mass is 10.1. The van der Waals surface area contributed by atoms with Crippen LogP contribution in [0.15, 0.2) is 35.4 Å². The second kappa shape index (κ2) is 5.61. The van der Waals surface area contributed by atoms with Gasteiger partial charge in [-0.15, -0.1) is 12.6 Å². The number of thiol groups is 1. The van der Waals surface area contributed by atoms with Crippen molar-refractivity contribution in [1.82, 2.24) is 4.98 Å². The number of hydrogen-bond donors (Lipinski definition) is 1. The fourth-order valence-electron chi connectivity index (χ4n) is 1.55. The van der Waals surface area contributed by atoms with Gasteiger partial charge < -0.3 is 4.74 Å². The van der Waals surface area contributed by atoms with E-state index in [1.165, 1.54) is 18.2 Å². The number of benzene rings is 1. The van der Waals surface area contributed by atoms with Crippen molar-refractivity contribution in [3.8, 4) is 17.7 Å². The van der Waals surface area contributed by atoms with Crippen molar-refractivity contribution in [3.63, 3.8) is 0 Å². The Morgan fingerprint density at radius 1 is 1.24 bits per heavy atom. The highest BCUT2D eigenvalue weighted by atomic mass is 32.1. The van der Waals surface area contributed by atoms with Gasteiger partial charge in [-0.3, -0.25) is 0 Å². The van der Waals surface area contributed by atoms with Crippen LogP contribution < -0.4 is 4.74 Å². The number of halogens is 4. The van der Waals surface area contributed by atoms with Crippen LogP contribution in [0.25, 0.3) is 0 Å². The van der Waals surface area contributed by atoms with Crippen LogP contribution in [0.1, 0.15) is 11.1 Å². The maximum atomic E-state index is 13.0. The van der Waals surface area contributed by atoms with Crippen molar-refractivity contribution in [2.24, 2.45) is 0 Å². The van der Waals surface area contributed by atoms with Gasteiger partial charge in [-0.2, -0.15) is 18.4 Å². The van der Waals surface area contributed by atoms with Crippen molar-refractivity contribution in [2.75, 3.05) is 0 Å². The van der Waals surface area contributed by atoms with Crippen LogP contribution >= 0.6 is 12.6 Å². The second-order valence-corrected chi connectivity index (χ2v) is 4.30. The van der Waals surface area contributed by atoms with Gasteiger partial charge in [0.05, 0.1) is 11.1 Å². The summed E-state index contributed by atoms with van der Waals surface area (Å²) in [6, 6.07) is 6.81. The molecule has 0 saturated heterocycles. The Morgan fingerprint density at radius 2 is 1.95 bits per heavy atom. The number of hydrogen-bond acceptors (Lipinski definition) is 4. The lowest BCUT2D eigenvalue weighted by Crippen LogP contribution is -2.10. The summed E-state index contributed by atoms with van der Waals surface area (Å²) in [4.78, 5) is 3.64. The summed E-state index contributed by atoms with van der Waals surface area (Å²) in [5.41, 5.74) is -1.91. The van der Waals surface area contributed by atoms with Gasteiger partial charge in [-0.25, -0.2) is 9.37 Å². The third kappa shape index (κ3) is 3.44. The van der Waals surface area contributed by atoms with Crippen molar-refractivity contribution in [2.45, 2.75) is 11.2 Å². The number of pyridine rings is 1. The van der Waals surface area contributed by atoms with E-state index in [2.05, 4.69) is 17.6 Å². The molecule has 0 N–H and O–H groups in total. The smallest absolute Gasteiger partial charge is 0.417 e. The number of alkyl halides is 3. The maximum absolute atomic E-state index is 13.0. The molecule has 0 unspecified atom stereocenters. The van der Waals surface area contributed by atoms with E-state index >= 15 is 0 Å². The first kappa shape index (κ1) is 15.1. The molecule has 0 amide bonds. The Balaban J connectivity index is 2.47. The average molecular weight is 314 g/mol. The van der Waals surface area contributed by atoms with Crippen LogP contribution in [0.5, 0.6) is 11.6 Å². The molecule has 3 nitrogen and oxygen atoms in total. The fourth-order valence-corrected chi connectivity index (χ4v) is 1.81. The first-order chi connectivity index (χ1) is 9.81. The lowest BCUT2D eigenvalue weighted by molar-refractivity contribution is -0.138. The number of nitrogens with zero attached hydrogens (tertiary/aromatic N) is 2. The largest absolute Gasteiger partial charge is 0.439 e. The average Bonchev–Trinajstić information content (AvgIpc) is 2.37. The van der Waals surface area contributed by atoms with Crippen LogP contribution in [0, 0.1) is 17.1 Å². The van der Waals surface area contributed by atoms with Crippen LogP contribution in [-0.4, -0.2) is 4.98 Å². The predicted molar refractivity (Wildman–Crippen MR) is 67.7 cm³/mol. The Bertz CT molecular complexity index is 725. The van der Waals surface area contributed by atoms with Crippen molar-refractivity contribution < 1.29 is 22.3 Å². The minimum atomic E-state index is -4.76. The molecule has 1 heterocycles. The normalized spacial score (nSPS) is 11.0. The number of ether oxygens (including phenoxy) is 1. The summed E-state index contributed by atoms with van der Waals surface area (Å²) >= 11 is 3.75. The second-order valence-electron chi connectivity index (χ2n) is 3.88. The fraction of sp³-hybridized carbons (Fsp3) is 0.0769. The molecule has 2 rings (SSSR count). The van der Waals surface area contributed by atoms with E-state index < -0.39 is 34.0 Å². The minimum Gasteiger partial charge on any atom is -0.439 e. The molecule has 0 aliphatic rings. The molecule has 0 spiro atoms. The molecule has 0 saturated carbocycles. The molecular weight excluding hydrogens is 308 g/mol. The molecule has 21 heavy (non-hydrogen) atoms. The third-order valence-electron chi connectivity index (χ3n) is 2.41. The van der Waals surface area contributed by atoms with Crippen LogP contribution in [0.2, 0.25) is 0 Å². The summed E-state index contributed by atoms with van der Waals surface area (Å²) in [5.74, 6) is -1.06. The molecule has 1 aromatic heterocycles. The molecule has 0 atom stereocenters. The van der Waals surface area contributed by atoms with Crippen LogP contribution in [0.4, 0.5) is 17.6 Å². The highest BCUT2D eigenvalue weighted by Crippen LogP contribution is 2.36. The predicted octanol–water partition coefficient (Wildman–Crippen LogP) is 4.19. The van der Waals surface area contributed by atoms with E-state index in [1.807, 2.05) is 0 Å². The van der Waals surface area contributed by atoms with Crippen molar-refractivity contribution >= 4 is 12.6 Å². The first-order valence-electron chi connectivity index (χ1n) is 5.46. The third-order valence-corrected chi connectivity index (χ3v) is 2.74.